The predicted molar refractivity (Wildman–Crippen MR) is 89.3 cm³/mol. The van der Waals surface area contributed by atoms with Gasteiger partial charge in [-0.25, -0.2) is 9.07 Å². The molecule has 0 atom stereocenters. The van der Waals surface area contributed by atoms with Crippen LogP contribution in [-0.2, 0) is 0 Å². The van der Waals surface area contributed by atoms with Crippen molar-refractivity contribution in [1.29, 1.82) is 0 Å². The summed E-state index contributed by atoms with van der Waals surface area (Å²) in [6, 6.07) is 5.90. The molecule has 1 heterocycles. The lowest BCUT2D eigenvalue weighted by molar-refractivity contribution is 0.0947. The Morgan fingerprint density at radius 3 is 2.64 bits per heavy atom. The van der Waals surface area contributed by atoms with Gasteiger partial charge in [-0.3, -0.25) is 4.79 Å². The van der Waals surface area contributed by atoms with Crippen LogP contribution in [0, 0.1) is 5.82 Å². The molecule has 0 aliphatic heterocycles. The van der Waals surface area contributed by atoms with E-state index in [9.17, 15) is 9.18 Å². The summed E-state index contributed by atoms with van der Waals surface area (Å²) in [5.41, 5.74) is 0.995. The molecule has 120 valence electrons. The lowest BCUT2D eigenvalue weighted by Gasteiger charge is -2.03. The van der Waals surface area contributed by atoms with E-state index in [4.69, 9.17) is 0 Å². The average Bonchev–Trinajstić information content (AvgIpc) is 2.86. The summed E-state index contributed by atoms with van der Waals surface area (Å²) in [6.07, 6.45) is 2.52. The van der Waals surface area contributed by atoms with Gasteiger partial charge in [-0.05, 0) is 60.2 Å². The summed E-state index contributed by atoms with van der Waals surface area (Å²) in [4.78, 5) is 12.0. The first kappa shape index (κ1) is 18.6. The highest BCUT2D eigenvalue weighted by molar-refractivity contribution is 9.10. The molecule has 22 heavy (non-hydrogen) atoms. The maximum Gasteiger partial charge on any atom is 0.272 e. The van der Waals surface area contributed by atoms with Crippen LogP contribution in [-0.4, -0.2) is 35.8 Å². The van der Waals surface area contributed by atoms with E-state index in [0.29, 0.717) is 22.4 Å². The van der Waals surface area contributed by atoms with Gasteiger partial charge in [0.1, 0.15) is 5.82 Å². The maximum atomic E-state index is 12.9. The minimum Gasteiger partial charge on any atom is -0.351 e. The van der Waals surface area contributed by atoms with E-state index in [1.165, 1.54) is 16.8 Å². The predicted octanol–water partition coefficient (Wildman–Crippen LogP) is 2.54. The van der Waals surface area contributed by atoms with Crippen molar-refractivity contribution in [3.05, 3.63) is 46.4 Å². The molecule has 2 N–H and O–H groups in total. The SMILES string of the molecule is CNCCCNC(=O)c1nn(-c2ccc(F)cc2)cc1Br.Cl. The fourth-order valence-corrected chi connectivity index (χ4v) is 2.24. The largest absolute Gasteiger partial charge is 0.351 e. The molecule has 5 nitrogen and oxygen atoms in total. The second-order valence-corrected chi connectivity index (χ2v) is 5.31. The molecule has 0 aliphatic rings. The molecule has 0 fully saturated rings. The number of amides is 1. The van der Waals surface area contributed by atoms with E-state index >= 15 is 0 Å². The molecule has 0 saturated carbocycles. The molecule has 2 rings (SSSR count). The van der Waals surface area contributed by atoms with Crippen molar-refractivity contribution in [2.45, 2.75) is 6.42 Å². The Labute approximate surface area is 142 Å². The zero-order valence-corrected chi connectivity index (χ0v) is 14.4. The third kappa shape index (κ3) is 4.79. The van der Waals surface area contributed by atoms with Gasteiger partial charge < -0.3 is 10.6 Å². The van der Waals surface area contributed by atoms with Crippen LogP contribution >= 0.6 is 28.3 Å². The smallest absolute Gasteiger partial charge is 0.272 e. The van der Waals surface area contributed by atoms with Gasteiger partial charge in [0.2, 0.25) is 0 Å². The number of rotatable bonds is 6. The third-order valence-electron chi connectivity index (χ3n) is 2.86. The number of carbonyl (C=O) groups excluding carboxylic acids is 1. The van der Waals surface area contributed by atoms with Crippen LogP contribution in [0.25, 0.3) is 5.69 Å². The van der Waals surface area contributed by atoms with Gasteiger partial charge in [0.05, 0.1) is 10.2 Å². The van der Waals surface area contributed by atoms with Crippen LogP contribution in [0.3, 0.4) is 0 Å². The molecule has 0 saturated heterocycles. The van der Waals surface area contributed by atoms with Gasteiger partial charge in [-0.2, -0.15) is 5.10 Å². The topological polar surface area (TPSA) is 58.9 Å². The van der Waals surface area contributed by atoms with Crippen molar-refractivity contribution >= 4 is 34.2 Å². The number of aromatic nitrogens is 2. The van der Waals surface area contributed by atoms with Crippen molar-refractivity contribution in [3.63, 3.8) is 0 Å². The fourth-order valence-electron chi connectivity index (χ4n) is 1.78. The molecular formula is C14H17BrClFN4O. The van der Waals surface area contributed by atoms with Gasteiger partial charge >= 0.3 is 0 Å². The number of carbonyl (C=O) groups is 1. The number of halogens is 3. The standard InChI is InChI=1S/C14H16BrFN4O.ClH/c1-17-7-2-8-18-14(21)13-12(15)9-20(19-13)11-5-3-10(16)4-6-11;/h3-6,9,17H,2,7-8H2,1H3,(H,18,21);1H. The van der Waals surface area contributed by atoms with Gasteiger partial charge in [0.15, 0.2) is 5.69 Å². The number of nitrogens with zero attached hydrogens (tertiary/aromatic N) is 2. The Balaban J connectivity index is 0.00000242. The lowest BCUT2D eigenvalue weighted by atomic mass is 10.3. The third-order valence-corrected chi connectivity index (χ3v) is 3.45. The Morgan fingerprint density at radius 1 is 1.32 bits per heavy atom. The maximum absolute atomic E-state index is 12.9. The summed E-state index contributed by atoms with van der Waals surface area (Å²) in [6.45, 7) is 1.42. The Hall–Kier alpha value is -1.44. The Bertz CT molecular complexity index is 618. The van der Waals surface area contributed by atoms with E-state index in [2.05, 4.69) is 31.7 Å². The average molecular weight is 392 g/mol. The highest BCUT2D eigenvalue weighted by Gasteiger charge is 2.15. The van der Waals surface area contributed by atoms with E-state index in [1.54, 1.807) is 18.3 Å². The van der Waals surface area contributed by atoms with Gasteiger partial charge in [-0.1, -0.05) is 0 Å². The highest BCUT2D eigenvalue weighted by Crippen LogP contribution is 2.18. The van der Waals surface area contributed by atoms with Crippen molar-refractivity contribution in [2.75, 3.05) is 20.1 Å². The molecule has 0 bridgehead atoms. The van der Waals surface area contributed by atoms with E-state index in [0.717, 1.165) is 13.0 Å². The summed E-state index contributed by atoms with van der Waals surface area (Å²) < 4.78 is 15.0. The second kappa shape index (κ2) is 8.87. The minimum atomic E-state index is -0.313. The van der Waals surface area contributed by atoms with Crippen LogP contribution in [0.15, 0.2) is 34.9 Å². The summed E-state index contributed by atoms with van der Waals surface area (Å²) in [5.74, 6) is -0.550. The lowest BCUT2D eigenvalue weighted by Crippen LogP contribution is -2.27. The molecule has 0 spiro atoms. The van der Waals surface area contributed by atoms with Crippen LogP contribution < -0.4 is 10.6 Å². The quantitative estimate of drug-likeness (QED) is 0.744. The Kier molecular flexibility index (Phi) is 7.50. The van der Waals surface area contributed by atoms with Crippen molar-refractivity contribution in [2.24, 2.45) is 0 Å². The van der Waals surface area contributed by atoms with Crippen molar-refractivity contribution in [3.8, 4) is 5.69 Å². The van der Waals surface area contributed by atoms with Crippen LogP contribution in [0.5, 0.6) is 0 Å². The first-order valence-electron chi connectivity index (χ1n) is 6.55. The monoisotopic (exact) mass is 390 g/mol. The molecule has 0 unspecified atom stereocenters. The number of hydrogen-bond donors (Lipinski definition) is 2. The summed E-state index contributed by atoms with van der Waals surface area (Å²) in [5, 5.41) is 10.0. The van der Waals surface area contributed by atoms with Gasteiger partial charge in [0.25, 0.3) is 5.91 Å². The molecule has 1 aromatic heterocycles. The molecule has 0 aliphatic carbocycles. The zero-order valence-electron chi connectivity index (χ0n) is 12.0. The first-order chi connectivity index (χ1) is 10.1. The number of benzene rings is 1. The minimum absolute atomic E-state index is 0. The van der Waals surface area contributed by atoms with Crippen molar-refractivity contribution < 1.29 is 9.18 Å². The zero-order chi connectivity index (χ0) is 15.2. The molecule has 1 aromatic carbocycles. The van der Waals surface area contributed by atoms with Crippen molar-refractivity contribution in [1.82, 2.24) is 20.4 Å². The highest BCUT2D eigenvalue weighted by atomic mass is 79.9. The first-order valence-corrected chi connectivity index (χ1v) is 7.35. The fraction of sp³-hybridized carbons (Fsp3) is 0.286. The molecule has 8 heteroatoms. The summed E-state index contributed by atoms with van der Waals surface area (Å²) in [7, 11) is 1.86. The van der Waals surface area contributed by atoms with E-state index in [1.807, 2.05) is 7.05 Å². The van der Waals surface area contributed by atoms with Crippen LogP contribution in [0.1, 0.15) is 16.9 Å². The molecule has 2 aromatic rings. The molecule has 0 radical (unpaired) electrons. The van der Waals surface area contributed by atoms with Crippen LogP contribution in [0.2, 0.25) is 0 Å². The van der Waals surface area contributed by atoms with Gasteiger partial charge in [0, 0.05) is 12.7 Å². The number of nitrogens with one attached hydrogen (secondary N) is 2. The number of hydrogen-bond acceptors (Lipinski definition) is 3. The normalized spacial score (nSPS) is 10.1. The molecular weight excluding hydrogens is 375 g/mol. The van der Waals surface area contributed by atoms with E-state index < -0.39 is 0 Å². The van der Waals surface area contributed by atoms with Crippen LogP contribution in [0.4, 0.5) is 4.39 Å². The van der Waals surface area contributed by atoms with Gasteiger partial charge in [-0.15, -0.1) is 12.4 Å². The summed E-state index contributed by atoms with van der Waals surface area (Å²) >= 11 is 3.32. The molecule has 1 amide bonds. The Morgan fingerprint density at radius 2 is 2.00 bits per heavy atom. The van der Waals surface area contributed by atoms with E-state index in [-0.39, 0.29) is 24.1 Å². The second-order valence-electron chi connectivity index (χ2n) is 4.46.